The molecule has 0 aromatic rings. The summed E-state index contributed by atoms with van der Waals surface area (Å²) in [4.78, 5) is 0. The number of rotatable bonds is 0. The van der Waals surface area contributed by atoms with E-state index in [0.717, 1.165) is 0 Å². The first-order valence-corrected chi connectivity index (χ1v) is 2.57. The molecule has 0 aliphatic heterocycles. The maximum Gasteiger partial charge on any atom is -0.0173 e. The van der Waals surface area contributed by atoms with Gasteiger partial charge in [-0.05, 0) is 9.49 Å². The highest BCUT2D eigenvalue weighted by Crippen LogP contribution is 1.83. The molecular formula is C2H3IS. The molecule has 0 aromatic carbocycles. The Labute approximate surface area is 44.8 Å². The molecule has 0 fully saturated rings. The van der Waals surface area contributed by atoms with Gasteiger partial charge in [0.1, 0.15) is 0 Å². The van der Waals surface area contributed by atoms with Crippen LogP contribution in [0.1, 0.15) is 0 Å². The van der Waals surface area contributed by atoms with Gasteiger partial charge in [-0.15, -0.1) is 0 Å². The molecule has 2 heteroatoms. The van der Waals surface area contributed by atoms with E-state index in [1.54, 1.807) is 5.41 Å². The fraction of sp³-hybridized carbons (Fsp3) is 0. The molecule has 0 nitrogen and oxygen atoms in total. The summed E-state index contributed by atoms with van der Waals surface area (Å²) in [5.41, 5.74) is 0. The van der Waals surface area contributed by atoms with Gasteiger partial charge < -0.3 is 0 Å². The van der Waals surface area contributed by atoms with Gasteiger partial charge in [-0.2, -0.15) is 12.6 Å². The fourth-order valence-electron chi connectivity index (χ4n) is 0. The Morgan fingerprint density at radius 2 is 2.00 bits per heavy atom. The van der Waals surface area contributed by atoms with Crippen molar-refractivity contribution in [2.75, 3.05) is 0 Å². The van der Waals surface area contributed by atoms with E-state index >= 15 is 0 Å². The Balaban J connectivity index is 2.55. The minimum atomic E-state index is 1.68. The molecule has 0 saturated carbocycles. The van der Waals surface area contributed by atoms with E-state index in [-0.39, 0.29) is 0 Å². The Morgan fingerprint density at radius 3 is 2.00 bits per heavy atom. The van der Waals surface area contributed by atoms with Crippen LogP contribution in [-0.4, -0.2) is 0 Å². The third kappa shape index (κ3) is 2.82. The van der Waals surface area contributed by atoms with Crippen LogP contribution in [0.25, 0.3) is 0 Å². The standard InChI is InChI=1S/C2H3IS/c3-1-2-4/h1-2,4H/b2-1+. The van der Waals surface area contributed by atoms with E-state index in [1.165, 1.54) is 0 Å². The first kappa shape index (κ1) is 4.82. The zero-order chi connectivity index (χ0) is 3.41. The maximum atomic E-state index is 3.73. The molecule has 0 radical (unpaired) electrons. The zero-order valence-corrected chi connectivity index (χ0v) is 5.03. The first-order valence-electron chi connectivity index (χ1n) is 0.810. The van der Waals surface area contributed by atoms with Crippen molar-refractivity contribution in [2.24, 2.45) is 0 Å². The lowest BCUT2D eigenvalue weighted by Gasteiger charge is -1.46. The average Bonchev–Trinajstić information content (AvgIpc) is 1.37. The molecule has 0 spiro atoms. The topological polar surface area (TPSA) is 0 Å². The van der Waals surface area contributed by atoms with Crippen molar-refractivity contribution in [3.63, 3.8) is 0 Å². The second-order valence-corrected chi connectivity index (χ2v) is 1.29. The first-order chi connectivity index (χ1) is 1.91. The molecule has 0 atom stereocenters. The molecule has 0 aliphatic carbocycles. The van der Waals surface area contributed by atoms with Crippen molar-refractivity contribution in [1.82, 2.24) is 0 Å². The Bertz CT molecular complexity index is 21.2. The Kier molecular flexibility index (Phi) is 4.60. The fourth-order valence-corrected chi connectivity index (χ4v) is 0. The molecule has 24 valence electrons. The largest absolute Gasteiger partial charge is 0.151 e. The lowest BCUT2D eigenvalue weighted by molar-refractivity contribution is 2.66. The predicted octanol–water partition coefficient (Wildman–Crippen LogP) is 1.82. The molecule has 0 aliphatic rings. The summed E-state index contributed by atoms with van der Waals surface area (Å²) in [6, 6.07) is 0. The van der Waals surface area contributed by atoms with Crippen LogP contribution in [0, 0.1) is 0 Å². The van der Waals surface area contributed by atoms with Gasteiger partial charge in [-0.25, -0.2) is 0 Å². The SMILES string of the molecule is S/C=C/I. The lowest BCUT2D eigenvalue weighted by Crippen LogP contribution is -1.09. The van der Waals surface area contributed by atoms with Gasteiger partial charge in [0, 0.05) is 0 Å². The van der Waals surface area contributed by atoms with Gasteiger partial charge >= 0.3 is 0 Å². The van der Waals surface area contributed by atoms with E-state index in [0.29, 0.717) is 0 Å². The van der Waals surface area contributed by atoms with Crippen LogP contribution in [0.3, 0.4) is 0 Å². The number of hydrogen-bond acceptors (Lipinski definition) is 1. The zero-order valence-electron chi connectivity index (χ0n) is 1.98. The smallest absolute Gasteiger partial charge is 0.0173 e. The minimum absolute atomic E-state index is 1.68. The van der Waals surface area contributed by atoms with E-state index < -0.39 is 0 Å². The Morgan fingerprint density at radius 1 is 1.75 bits per heavy atom. The number of hydrogen-bond donors (Lipinski definition) is 1. The van der Waals surface area contributed by atoms with Gasteiger partial charge in [-0.3, -0.25) is 0 Å². The molecule has 0 heterocycles. The molecule has 0 aromatic heterocycles. The van der Waals surface area contributed by atoms with Crippen LogP contribution in [0.2, 0.25) is 0 Å². The monoisotopic (exact) mass is 186 g/mol. The normalized spacial score (nSPS) is 9.50. The van der Waals surface area contributed by atoms with Crippen LogP contribution in [0.5, 0.6) is 0 Å². The summed E-state index contributed by atoms with van der Waals surface area (Å²) >= 11 is 5.83. The summed E-state index contributed by atoms with van der Waals surface area (Å²) < 4.78 is 1.83. The average molecular weight is 186 g/mol. The molecule has 0 bridgehead atoms. The third-order valence-corrected chi connectivity index (χ3v) is 1.13. The van der Waals surface area contributed by atoms with Crippen LogP contribution in [-0.2, 0) is 0 Å². The second-order valence-electron chi connectivity index (χ2n) is 0.275. The van der Waals surface area contributed by atoms with Crippen LogP contribution < -0.4 is 0 Å². The summed E-state index contributed by atoms with van der Waals surface area (Å²) in [5.74, 6) is 0. The van der Waals surface area contributed by atoms with Crippen molar-refractivity contribution in [1.29, 1.82) is 0 Å². The van der Waals surface area contributed by atoms with Gasteiger partial charge in [-0.1, -0.05) is 22.6 Å². The lowest BCUT2D eigenvalue weighted by atomic mass is 11.3. The van der Waals surface area contributed by atoms with Crippen LogP contribution in [0.15, 0.2) is 9.49 Å². The molecule has 4 heavy (non-hydrogen) atoms. The molecule has 0 unspecified atom stereocenters. The van der Waals surface area contributed by atoms with Crippen molar-refractivity contribution < 1.29 is 0 Å². The molecular weight excluding hydrogens is 183 g/mol. The van der Waals surface area contributed by atoms with Crippen molar-refractivity contribution >= 4 is 35.2 Å². The summed E-state index contributed by atoms with van der Waals surface area (Å²) in [7, 11) is 0. The highest BCUT2D eigenvalue weighted by Gasteiger charge is 1.37. The highest BCUT2D eigenvalue weighted by molar-refractivity contribution is 14.1. The van der Waals surface area contributed by atoms with E-state index in [1.807, 2.05) is 4.08 Å². The van der Waals surface area contributed by atoms with Gasteiger partial charge in [0.05, 0.1) is 0 Å². The quantitative estimate of drug-likeness (QED) is 0.433. The van der Waals surface area contributed by atoms with E-state index in [9.17, 15) is 0 Å². The van der Waals surface area contributed by atoms with E-state index in [4.69, 9.17) is 0 Å². The number of thiol groups is 1. The van der Waals surface area contributed by atoms with E-state index in [2.05, 4.69) is 35.2 Å². The summed E-state index contributed by atoms with van der Waals surface area (Å²) in [5, 5.41) is 1.68. The minimum Gasteiger partial charge on any atom is -0.151 e. The maximum absolute atomic E-state index is 3.73. The summed E-state index contributed by atoms with van der Waals surface area (Å²) in [6.45, 7) is 0. The van der Waals surface area contributed by atoms with Gasteiger partial charge in [0.15, 0.2) is 0 Å². The molecule has 0 rings (SSSR count). The van der Waals surface area contributed by atoms with Crippen molar-refractivity contribution in [3.8, 4) is 0 Å². The second kappa shape index (κ2) is 3.82. The van der Waals surface area contributed by atoms with Crippen molar-refractivity contribution in [2.45, 2.75) is 0 Å². The highest BCUT2D eigenvalue weighted by atomic mass is 127. The van der Waals surface area contributed by atoms with Crippen LogP contribution in [0.4, 0.5) is 0 Å². The van der Waals surface area contributed by atoms with Crippen molar-refractivity contribution in [3.05, 3.63) is 9.49 Å². The molecule has 0 N–H and O–H groups in total. The third-order valence-electron chi connectivity index (χ3n) is 0.0563. The predicted molar refractivity (Wildman–Crippen MR) is 32.1 cm³/mol. The summed E-state index contributed by atoms with van der Waals surface area (Å²) in [6.07, 6.45) is 0. The Hall–Kier alpha value is 0.820. The van der Waals surface area contributed by atoms with Gasteiger partial charge in [0.25, 0.3) is 0 Å². The van der Waals surface area contributed by atoms with Gasteiger partial charge in [0.2, 0.25) is 0 Å². The molecule has 0 saturated heterocycles. The molecule has 0 amide bonds. The van der Waals surface area contributed by atoms with Crippen LogP contribution >= 0.6 is 35.2 Å². The number of halogens is 1.